The van der Waals surface area contributed by atoms with E-state index in [4.69, 9.17) is 14.9 Å². The lowest BCUT2D eigenvalue weighted by molar-refractivity contribution is -0.192. The molecule has 0 spiro atoms. The second-order valence-electron chi connectivity index (χ2n) is 7.83. The van der Waals surface area contributed by atoms with Gasteiger partial charge in [-0.15, -0.1) is 11.8 Å². The molecule has 0 aliphatic carbocycles. The van der Waals surface area contributed by atoms with Gasteiger partial charge in [-0.3, -0.25) is 9.69 Å². The van der Waals surface area contributed by atoms with Gasteiger partial charge in [-0.25, -0.2) is 9.78 Å². The van der Waals surface area contributed by atoms with Gasteiger partial charge in [0.25, 0.3) is 5.91 Å². The normalized spacial score (nSPS) is 18.7. The van der Waals surface area contributed by atoms with E-state index in [0.29, 0.717) is 0 Å². The van der Waals surface area contributed by atoms with Crippen molar-refractivity contribution in [3.8, 4) is 0 Å². The number of carboxylic acids is 1. The predicted molar refractivity (Wildman–Crippen MR) is 124 cm³/mol. The Labute approximate surface area is 198 Å². The Kier molecular flexibility index (Phi) is 8.21. The zero-order chi connectivity index (χ0) is 24.9. The third kappa shape index (κ3) is 6.29. The third-order valence-corrected chi connectivity index (χ3v) is 6.32. The molecule has 2 atom stereocenters. The number of amides is 1. The minimum Gasteiger partial charge on any atom is -0.475 e. The van der Waals surface area contributed by atoms with Crippen LogP contribution in [-0.4, -0.2) is 63.9 Å². The fourth-order valence-electron chi connectivity index (χ4n) is 3.76. The van der Waals surface area contributed by atoms with E-state index < -0.39 is 12.1 Å². The Bertz CT molecular complexity index is 1120. The molecule has 1 aliphatic heterocycles. The molecular formula is C23H25F3N4O3S. The molecule has 34 heavy (non-hydrogen) atoms. The summed E-state index contributed by atoms with van der Waals surface area (Å²) < 4.78 is 31.7. The molecule has 1 fully saturated rings. The number of hydrogen-bond donors (Lipinski definition) is 3. The highest BCUT2D eigenvalue weighted by molar-refractivity contribution is 7.98. The number of H-pyrrole nitrogens is 1. The number of piperidine rings is 1. The van der Waals surface area contributed by atoms with E-state index in [1.54, 1.807) is 11.8 Å². The van der Waals surface area contributed by atoms with Gasteiger partial charge in [0.05, 0.1) is 22.6 Å². The maximum absolute atomic E-state index is 12.8. The number of alkyl halides is 3. The number of imidazole rings is 1. The molecule has 0 unspecified atom stereocenters. The van der Waals surface area contributed by atoms with E-state index in [1.807, 2.05) is 54.8 Å². The van der Waals surface area contributed by atoms with Gasteiger partial charge in [-0.1, -0.05) is 24.3 Å². The van der Waals surface area contributed by atoms with Crippen LogP contribution in [-0.2, 0) is 4.79 Å². The van der Waals surface area contributed by atoms with Gasteiger partial charge < -0.3 is 15.4 Å². The summed E-state index contributed by atoms with van der Waals surface area (Å²) in [7, 11) is 2.12. The van der Waals surface area contributed by atoms with Gasteiger partial charge in [0, 0.05) is 17.5 Å². The van der Waals surface area contributed by atoms with Crippen LogP contribution in [0.15, 0.2) is 53.4 Å². The van der Waals surface area contributed by atoms with Gasteiger partial charge in [-0.2, -0.15) is 13.2 Å². The van der Waals surface area contributed by atoms with Crippen molar-refractivity contribution < 1.29 is 27.9 Å². The lowest BCUT2D eigenvalue weighted by Gasteiger charge is -2.36. The zero-order valence-corrected chi connectivity index (χ0v) is 19.4. The molecule has 2 aromatic carbocycles. The predicted octanol–water partition coefficient (Wildman–Crippen LogP) is 4.48. The SMILES string of the molecule is CSc1ccccc1C(=O)N[C@@H]1CCN(C)[C@@H](c2nc3ccccc3[nH]2)C1.O=C(O)C(F)(F)F. The van der Waals surface area contributed by atoms with Crippen LogP contribution >= 0.6 is 11.8 Å². The quantitative estimate of drug-likeness (QED) is 0.463. The fraction of sp³-hybridized carbons (Fsp3) is 0.348. The van der Waals surface area contributed by atoms with E-state index in [1.165, 1.54) is 0 Å². The number of likely N-dealkylation sites (tertiary alicyclic amines) is 1. The van der Waals surface area contributed by atoms with Crippen molar-refractivity contribution in [1.82, 2.24) is 20.2 Å². The topological polar surface area (TPSA) is 98.3 Å². The summed E-state index contributed by atoms with van der Waals surface area (Å²) >= 11 is 1.60. The summed E-state index contributed by atoms with van der Waals surface area (Å²) in [5.41, 5.74) is 2.80. The van der Waals surface area contributed by atoms with Gasteiger partial charge in [0.1, 0.15) is 5.82 Å². The Morgan fingerprint density at radius 3 is 2.47 bits per heavy atom. The smallest absolute Gasteiger partial charge is 0.475 e. The van der Waals surface area contributed by atoms with Crippen LogP contribution < -0.4 is 5.32 Å². The Morgan fingerprint density at radius 2 is 1.82 bits per heavy atom. The van der Waals surface area contributed by atoms with E-state index in [9.17, 15) is 18.0 Å². The number of halogens is 3. The molecule has 1 amide bonds. The highest BCUT2D eigenvalue weighted by atomic mass is 32.2. The minimum absolute atomic E-state index is 0.0119. The van der Waals surface area contributed by atoms with Gasteiger partial charge in [0.15, 0.2) is 0 Å². The van der Waals surface area contributed by atoms with Crippen molar-refractivity contribution in [3.05, 3.63) is 59.9 Å². The van der Waals surface area contributed by atoms with Crippen LogP contribution in [0.3, 0.4) is 0 Å². The summed E-state index contributed by atoms with van der Waals surface area (Å²) in [6, 6.07) is 16.2. The van der Waals surface area contributed by atoms with Crippen molar-refractivity contribution in [2.75, 3.05) is 19.8 Å². The van der Waals surface area contributed by atoms with Crippen LogP contribution in [0.25, 0.3) is 11.0 Å². The molecule has 2 heterocycles. The van der Waals surface area contributed by atoms with Crippen LogP contribution in [0, 0.1) is 0 Å². The number of nitrogens with one attached hydrogen (secondary N) is 2. The number of aromatic amines is 1. The molecule has 182 valence electrons. The number of benzene rings is 2. The van der Waals surface area contributed by atoms with Crippen molar-refractivity contribution >= 4 is 34.7 Å². The number of nitrogens with zero attached hydrogens (tertiary/aromatic N) is 2. The molecule has 4 rings (SSSR count). The monoisotopic (exact) mass is 494 g/mol. The molecule has 0 saturated carbocycles. The first-order valence-corrected chi connectivity index (χ1v) is 11.7. The van der Waals surface area contributed by atoms with Crippen LogP contribution in [0.2, 0.25) is 0 Å². The fourth-order valence-corrected chi connectivity index (χ4v) is 4.36. The first-order chi connectivity index (χ1) is 16.1. The molecule has 3 aromatic rings. The molecule has 0 radical (unpaired) electrons. The maximum atomic E-state index is 12.8. The van der Waals surface area contributed by atoms with Crippen LogP contribution in [0.5, 0.6) is 0 Å². The lowest BCUT2D eigenvalue weighted by atomic mass is 9.96. The number of carbonyl (C=O) groups excluding carboxylic acids is 1. The van der Waals surface area contributed by atoms with Crippen molar-refractivity contribution in [1.29, 1.82) is 0 Å². The summed E-state index contributed by atoms with van der Waals surface area (Å²) in [6.07, 6.45) is -1.29. The van der Waals surface area contributed by atoms with Crippen molar-refractivity contribution in [3.63, 3.8) is 0 Å². The minimum atomic E-state index is -5.08. The van der Waals surface area contributed by atoms with Crippen molar-refractivity contribution in [2.45, 2.75) is 36.0 Å². The Balaban J connectivity index is 0.000000406. The van der Waals surface area contributed by atoms with Crippen molar-refractivity contribution in [2.24, 2.45) is 0 Å². The summed E-state index contributed by atoms with van der Waals surface area (Å²) in [5, 5.41) is 10.4. The molecule has 3 N–H and O–H groups in total. The second kappa shape index (κ2) is 10.9. The Morgan fingerprint density at radius 1 is 1.18 bits per heavy atom. The highest BCUT2D eigenvalue weighted by Crippen LogP contribution is 2.30. The van der Waals surface area contributed by atoms with E-state index in [0.717, 1.165) is 46.7 Å². The molecule has 1 aliphatic rings. The van der Waals surface area contributed by atoms with Crippen LogP contribution in [0.4, 0.5) is 13.2 Å². The van der Waals surface area contributed by atoms with Gasteiger partial charge in [-0.05, 0) is 50.4 Å². The molecule has 1 aromatic heterocycles. The first kappa shape index (κ1) is 25.6. The van der Waals surface area contributed by atoms with E-state index in [2.05, 4.69) is 22.2 Å². The molecule has 1 saturated heterocycles. The molecule has 7 nitrogen and oxygen atoms in total. The number of carboxylic acid groups (broad SMARTS) is 1. The number of carbonyl (C=O) groups is 2. The number of thioether (sulfide) groups is 1. The number of hydrogen-bond acceptors (Lipinski definition) is 5. The highest BCUT2D eigenvalue weighted by Gasteiger charge is 2.38. The standard InChI is InChI=1S/C21H24N4OS.C2HF3O2/c1-25-12-11-14(22-21(26)15-7-3-6-10-19(15)27-2)13-18(25)20-23-16-8-4-5-9-17(16)24-20;3-2(4,5)1(6)7/h3-10,14,18H,11-13H2,1-2H3,(H,22,26)(H,23,24);(H,6,7)/t14-,18-;/m1./s1. The third-order valence-electron chi connectivity index (χ3n) is 5.52. The van der Waals surface area contributed by atoms with Gasteiger partial charge in [0.2, 0.25) is 0 Å². The largest absolute Gasteiger partial charge is 0.490 e. The lowest BCUT2D eigenvalue weighted by Crippen LogP contribution is -2.45. The van der Waals surface area contributed by atoms with E-state index in [-0.39, 0.29) is 18.0 Å². The number of aliphatic carboxylic acids is 1. The summed E-state index contributed by atoms with van der Waals surface area (Å²) in [6.45, 7) is 0.927. The average molecular weight is 495 g/mol. The number of aromatic nitrogens is 2. The van der Waals surface area contributed by atoms with Gasteiger partial charge >= 0.3 is 12.1 Å². The molecule has 0 bridgehead atoms. The van der Waals surface area contributed by atoms with E-state index >= 15 is 0 Å². The number of rotatable bonds is 4. The van der Waals surface area contributed by atoms with Crippen LogP contribution in [0.1, 0.15) is 35.1 Å². The summed E-state index contributed by atoms with van der Waals surface area (Å²) in [4.78, 5) is 33.2. The first-order valence-electron chi connectivity index (χ1n) is 10.5. The molecule has 11 heteroatoms. The summed E-state index contributed by atoms with van der Waals surface area (Å²) in [5.74, 6) is -1.77. The average Bonchev–Trinajstić information content (AvgIpc) is 3.24. The maximum Gasteiger partial charge on any atom is 0.490 e. The molecular weight excluding hydrogens is 469 g/mol. The zero-order valence-electron chi connectivity index (χ0n) is 18.6. The second-order valence-corrected chi connectivity index (χ2v) is 8.68. The number of fused-ring (bicyclic) bond motifs is 1. The Hall–Kier alpha value is -3.05. The number of para-hydroxylation sites is 2.